The third-order valence-corrected chi connectivity index (χ3v) is 4.95. The fourth-order valence-electron chi connectivity index (χ4n) is 3.55. The Morgan fingerprint density at radius 3 is 2.64 bits per heavy atom. The predicted octanol–water partition coefficient (Wildman–Crippen LogP) is 0.185. The van der Waals surface area contributed by atoms with Crippen LogP contribution in [0.4, 0.5) is 5.69 Å². The topological polar surface area (TPSA) is 73.3 Å². The van der Waals surface area contributed by atoms with Gasteiger partial charge in [0, 0.05) is 45.7 Å². The summed E-state index contributed by atoms with van der Waals surface area (Å²) in [5.41, 5.74) is 0.720. The molecule has 7 heteroatoms. The molecule has 0 saturated carbocycles. The minimum Gasteiger partial charge on any atom is -0.495 e. The first-order chi connectivity index (χ1) is 12.1. The first-order valence-corrected chi connectivity index (χ1v) is 8.69. The number of piperazine rings is 1. The lowest BCUT2D eigenvalue weighted by Crippen LogP contribution is -2.51. The maximum absolute atomic E-state index is 12.8. The molecule has 1 aromatic rings. The number of hydrogen-bond donors (Lipinski definition) is 1. The van der Waals surface area contributed by atoms with Gasteiger partial charge in [0.15, 0.2) is 0 Å². The van der Waals surface area contributed by atoms with Crippen molar-refractivity contribution in [2.24, 2.45) is 5.92 Å². The van der Waals surface area contributed by atoms with E-state index >= 15 is 0 Å². The molecular weight excluding hydrogens is 322 g/mol. The van der Waals surface area contributed by atoms with Crippen molar-refractivity contribution in [1.29, 1.82) is 0 Å². The van der Waals surface area contributed by atoms with Crippen LogP contribution >= 0.6 is 0 Å². The highest BCUT2D eigenvalue weighted by Crippen LogP contribution is 2.33. The van der Waals surface area contributed by atoms with Gasteiger partial charge in [-0.15, -0.1) is 0 Å². The maximum Gasteiger partial charge on any atom is 0.228 e. The van der Waals surface area contributed by atoms with Crippen LogP contribution in [0, 0.1) is 5.92 Å². The number of rotatable bonds is 5. The van der Waals surface area contributed by atoms with E-state index in [9.17, 15) is 9.59 Å². The Morgan fingerprint density at radius 1 is 1.24 bits per heavy atom. The average molecular weight is 347 g/mol. The van der Waals surface area contributed by atoms with E-state index in [4.69, 9.17) is 9.84 Å². The molecule has 7 nitrogen and oxygen atoms in total. The van der Waals surface area contributed by atoms with Gasteiger partial charge in [-0.3, -0.25) is 14.5 Å². The molecule has 2 amide bonds. The number of methoxy groups -OCH3 is 1. The minimum absolute atomic E-state index is 0.0400. The second kappa shape index (κ2) is 7.84. The van der Waals surface area contributed by atoms with E-state index in [1.165, 1.54) is 0 Å². The van der Waals surface area contributed by atoms with E-state index in [2.05, 4.69) is 4.90 Å². The van der Waals surface area contributed by atoms with Gasteiger partial charge < -0.3 is 19.6 Å². The Bertz CT molecular complexity index is 629. The van der Waals surface area contributed by atoms with Crippen molar-refractivity contribution in [3.63, 3.8) is 0 Å². The minimum atomic E-state index is -0.304. The number of amides is 2. The van der Waals surface area contributed by atoms with Crippen molar-refractivity contribution in [3.8, 4) is 5.75 Å². The number of nitrogens with zero attached hydrogens (tertiary/aromatic N) is 3. The van der Waals surface area contributed by atoms with Crippen molar-refractivity contribution >= 4 is 17.5 Å². The molecule has 0 aliphatic carbocycles. The van der Waals surface area contributed by atoms with Crippen LogP contribution < -0.4 is 9.64 Å². The number of anilines is 1. The van der Waals surface area contributed by atoms with E-state index in [0.29, 0.717) is 31.9 Å². The second-order valence-electron chi connectivity index (χ2n) is 6.47. The lowest BCUT2D eigenvalue weighted by Gasteiger charge is -2.35. The Balaban J connectivity index is 1.63. The van der Waals surface area contributed by atoms with Crippen molar-refractivity contribution in [3.05, 3.63) is 24.3 Å². The van der Waals surface area contributed by atoms with Crippen LogP contribution in [0.1, 0.15) is 6.42 Å². The Labute approximate surface area is 147 Å². The molecule has 25 heavy (non-hydrogen) atoms. The van der Waals surface area contributed by atoms with Gasteiger partial charge in [0.05, 0.1) is 25.3 Å². The summed E-state index contributed by atoms with van der Waals surface area (Å²) < 4.78 is 5.34. The monoisotopic (exact) mass is 347 g/mol. The molecule has 0 bridgehead atoms. The summed E-state index contributed by atoms with van der Waals surface area (Å²) in [6.07, 6.45) is 0.244. The number of aliphatic hydroxyl groups is 1. The largest absolute Gasteiger partial charge is 0.495 e. The molecular formula is C18H25N3O4. The van der Waals surface area contributed by atoms with E-state index in [1.54, 1.807) is 12.0 Å². The molecule has 0 radical (unpaired) electrons. The molecule has 136 valence electrons. The fraction of sp³-hybridized carbons (Fsp3) is 0.556. The fourth-order valence-corrected chi connectivity index (χ4v) is 3.55. The zero-order valence-electron chi connectivity index (χ0n) is 14.6. The first kappa shape index (κ1) is 17.7. The van der Waals surface area contributed by atoms with Crippen molar-refractivity contribution in [2.45, 2.75) is 6.42 Å². The van der Waals surface area contributed by atoms with Gasteiger partial charge >= 0.3 is 0 Å². The maximum atomic E-state index is 12.8. The molecule has 0 spiro atoms. The predicted molar refractivity (Wildman–Crippen MR) is 93.6 cm³/mol. The lowest BCUT2D eigenvalue weighted by atomic mass is 10.1. The molecule has 2 saturated heterocycles. The smallest absolute Gasteiger partial charge is 0.228 e. The number of para-hydroxylation sites is 2. The number of aliphatic hydroxyl groups excluding tert-OH is 1. The SMILES string of the molecule is COc1ccccc1N1C[C@@H](C(=O)N2CCN(CCO)CC2)CC1=O. The van der Waals surface area contributed by atoms with Crippen molar-refractivity contribution in [1.82, 2.24) is 9.80 Å². The van der Waals surface area contributed by atoms with Crippen LogP contribution in [0.5, 0.6) is 5.75 Å². The van der Waals surface area contributed by atoms with Crippen molar-refractivity contribution in [2.75, 3.05) is 57.9 Å². The zero-order valence-corrected chi connectivity index (χ0v) is 14.6. The van der Waals surface area contributed by atoms with Gasteiger partial charge in [-0.1, -0.05) is 12.1 Å². The third kappa shape index (κ3) is 3.77. The van der Waals surface area contributed by atoms with Gasteiger partial charge in [0.2, 0.25) is 11.8 Å². The second-order valence-corrected chi connectivity index (χ2v) is 6.47. The average Bonchev–Trinajstić information content (AvgIpc) is 3.03. The van der Waals surface area contributed by atoms with Gasteiger partial charge in [-0.05, 0) is 12.1 Å². The van der Waals surface area contributed by atoms with Gasteiger partial charge in [0.1, 0.15) is 5.75 Å². The number of carbonyl (C=O) groups is 2. The number of benzene rings is 1. The van der Waals surface area contributed by atoms with Crippen molar-refractivity contribution < 1.29 is 19.4 Å². The highest BCUT2D eigenvalue weighted by atomic mass is 16.5. The molecule has 0 aromatic heterocycles. The van der Waals surface area contributed by atoms with Crippen LogP contribution in [0.2, 0.25) is 0 Å². The number of hydrogen-bond acceptors (Lipinski definition) is 5. The Kier molecular flexibility index (Phi) is 5.55. The number of β-amino-alcohol motifs (C(OH)–C–C–N with tert-alkyl or cyclic N) is 1. The molecule has 0 unspecified atom stereocenters. The molecule has 1 N–H and O–H groups in total. The summed E-state index contributed by atoms with van der Waals surface area (Å²) in [5, 5.41) is 9.00. The lowest BCUT2D eigenvalue weighted by molar-refractivity contribution is -0.137. The van der Waals surface area contributed by atoms with Gasteiger partial charge in [-0.25, -0.2) is 0 Å². The molecule has 1 aromatic carbocycles. The first-order valence-electron chi connectivity index (χ1n) is 8.69. The van der Waals surface area contributed by atoms with E-state index in [1.807, 2.05) is 29.2 Å². The van der Waals surface area contributed by atoms with Crippen LogP contribution in [0.25, 0.3) is 0 Å². The summed E-state index contributed by atoms with van der Waals surface area (Å²) in [5.74, 6) is 0.347. The van der Waals surface area contributed by atoms with Crippen LogP contribution in [-0.4, -0.2) is 79.7 Å². The van der Waals surface area contributed by atoms with E-state index in [-0.39, 0.29) is 30.8 Å². The number of carbonyl (C=O) groups excluding carboxylic acids is 2. The van der Waals surface area contributed by atoms with E-state index in [0.717, 1.165) is 18.8 Å². The normalized spacial score (nSPS) is 21.7. The molecule has 1 atom stereocenters. The summed E-state index contributed by atoms with van der Waals surface area (Å²) in [6, 6.07) is 7.38. The van der Waals surface area contributed by atoms with Crippen LogP contribution in [0.3, 0.4) is 0 Å². The van der Waals surface area contributed by atoms with Crippen LogP contribution in [0.15, 0.2) is 24.3 Å². The third-order valence-electron chi connectivity index (χ3n) is 4.95. The van der Waals surface area contributed by atoms with Crippen LogP contribution in [-0.2, 0) is 9.59 Å². The zero-order chi connectivity index (χ0) is 17.8. The Morgan fingerprint density at radius 2 is 1.96 bits per heavy atom. The van der Waals surface area contributed by atoms with Gasteiger partial charge in [0.25, 0.3) is 0 Å². The summed E-state index contributed by atoms with van der Waals surface area (Å²) >= 11 is 0. The van der Waals surface area contributed by atoms with E-state index < -0.39 is 0 Å². The molecule has 2 heterocycles. The summed E-state index contributed by atoms with van der Waals surface area (Å²) in [7, 11) is 1.58. The highest BCUT2D eigenvalue weighted by molar-refractivity contribution is 6.01. The summed E-state index contributed by atoms with van der Waals surface area (Å²) in [4.78, 5) is 30.9. The highest BCUT2D eigenvalue weighted by Gasteiger charge is 2.38. The Hall–Kier alpha value is -2.12. The molecule has 2 aliphatic rings. The molecule has 2 fully saturated rings. The number of ether oxygens (including phenoxy) is 1. The molecule has 3 rings (SSSR count). The van der Waals surface area contributed by atoms with Gasteiger partial charge in [-0.2, -0.15) is 0 Å². The standard InChI is InChI=1S/C18H25N3O4/c1-25-16-5-3-2-4-15(16)21-13-14(12-17(21)23)18(24)20-8-6-19(7-9-20)10-11-22/h2-5,14,22H,6-13H2,1H3/t14-/m0/s1. The molecule has 2 aliphatic heterocycles. The summed E-state index contributed by atoms with van der Waals surface area (Å²) in [6.45, 7) is 4.02. The quantitative estimate of drug-likeness (QED) is 0.823.